The Kier molecular flexibility index (Phi) is 6.94. The van der Waals surface area contributed by atoms with Crippen LogP contribution in [0.5, 0.6) is 0 Å². The SMILES string of the molecule is CNS(=O)(=O)c1ccc(C)c(NC(=O)CN(Cc2ccccc2)S(C)(=O)=O)c1. The highest BCUT2D eigenvalue weighted by Gasteiger charge is 2.21. The Labute approximate surface area is 165 Å². The van der Waals surface area contributed by atoms with E-state index in [4.69, 9.17) is 0 Å². The Morgan fingerprint density at radius 2 is 1.68 bits per heavy atom. The number of benzene rings is 2. The number of carbonyl (C=O) groups is 1. The van der Waals surface area contributed by atoms with Gasteiger partial charge in [-0.3, -0.25) is 4.79 Å². The number of hydrogen-bond acceptors (Lipinski definition) is 5. The van der Waals surface area contributed by atoms with Gasteiger partial charge in [-0.15, -0.1) is 0 Å². The third kappa shape index (κ3) is 5.86. The largest absolute Gasteiger partial charge is 0.325 e. The van der Waals surface area contributed by atoms with E-state index in [1.165, 1.54) is 19.2 Å². The summed E-state index contributed by atoms with van der Waals surface area (Å²) in [6.07, 6.45) is 1.04. The summed E-state index contributed by atoms with van der Waals surface area (Å²) in [5, 5.41) is 2.60. The summed E-state index contributed by atoms with van der Waals surface area (Å²) < 4.78 is 51.3. The van der Waals surface area contributed by atoms with E-state index in [2.05, 4.69) is 10.0 Å². The summed E-state index contributed by atoms with van der Waals surface area (Å²) >= 11 is 0. The molecule has 0 fully saturated rings. The normalized spacial score (nSPS) is 12.1. The number of aryl methyl sites for hydroxylation is 1. The molecule has 0 atom stereocenters. The molecule has 10 heteroatoms. The van der Waals surface area contributed by atoms with Gasteiger partial charge in [-0.25, -0.2) is 21.6 Å². The maximum Gasteiger partial charge on any atom is 0.240 e. The second kappa shape index (κ2) is 8.82. The number of carbonyl (C=O) groups excluding carboxylic acids is 1. The van der Waals surface area contributed by atoms with Crippen molar-refractivity contribution in [2.45, 2.75) is 18.4 Å². The van der Waals surface area contributed by atoms with Crippen LogP contribution < -0.4 is 10.0 Å². The second-order valence-electron chi connectivity index (χ2n) is 6.25. The molecule has 2 N–H and O–H groups in total. The first-order chi connectivity index (χ1) is 13.0. The monoisotopic (exact) mass is 425 g/mol. The standard InChI is InChI=1S/C18H23N3O5S2/c1-14-9-10-16(28(25,26)19-2)11-17(14)20-18(22)13-21(27(3,23)24)12-15-7-5-4-6-8-15/h4-11,19H,12-13H2,1-3H3,(H,20,22). The van der Waals surface area contributed by atoms with Crippen LogP contribution >= 0.6 is 0 Å². The number of hydrogen-bond donors (Lipinski definition) is 2. The highest BCUT2D eigenvalue weighted by atomic mass is 32.2. The number of sulfonamides is 2. The van der Waals surface area contributed by atoms with Crippen LogP contribution in [0.15, 0.2) is 53.4 Å². The number of anilines is 1. The van der Waals surface area contributed by atoms with Gasteiger partial charge in [-0.1, -0.05) is 36.4 Å². The van der Waals surface area contributed by atoms with Crippen molar-refractivity contribution in [2.24, 2.45) is 0 Å². The smallest absolute Gasteiger partial charge is 0.240 e. The van der Waals surface area contributed by atoms with E-state index in [0.717, 1.165) is 16.1 Å². The minimum absolute atomic E-state index is 0.000143. The molecule has 0 aromatic heterocycles. The van der Waals surface area contributed by atoms with Crippen LogP contribution in [0, 0.1) is 6.92 Å². The van der Waals surface area contributed by atoms with Crippen molar-refractivity contribution in [3.05, 3.63) is 59.7 Å². The molecule has 0 saturated heterocycles. The summed E-state index contributed by atoms with van der Waals surface area (Å²) in [5.74, 6) is -0.566. The average molecular weight is 426 g/mol. The highest BCUT2D eigenvalue weighted by molar-refractivity contribution is 7.89. The zero-order valence-corrected chi connectivity index (χ0v) is 17.5. The Balaban J connectivity index is 2.20. The van der Waals surface area contributed by atoms with Crippen LogP contribution in [0.2, 0.25) is 0 Å². The van der Waals surface area contributed by atoms with Crippen LogP contribution in [-0.4, -0.2) is 46.9 Å². The Morgan fingerprint density at radius 3 is 2.25 bits per heavy atom. The van der Waals surface area contributed by atoms with Gasteiger partial charge in [0, 0.05) is 12.2 Å². The first-order valence-corrected chi connectivity index (χ1v) is 11.7. The van der Waals surface area contributed by atoms with Crippen molar-refractivity contribution in [3.63, 3.8) is 0 Å². The van der Waals surface area contributed by atoms with E-state index < -0.39 is 32.5 Å². The molecule has 0 bridgehead atoms. The third-order valence-corrected chi connectivity index (χ3v) is 6.66. The Hall–Kier alpha value is -2.27. The number of nitrogens with zero attached hydrogens (tertiary/aromatic N) is 1. The summed E-state index contributed by atoms with van der Waals surface area (Å²) in [7, 11) is -6.00. The molecule has 0 spiro atoms. The third-order valence-electron chi connectivity index (χ3n) is 4.05. The zero-order valence-electron chi connectivity index (χ0n) is 15.8. The first-order valence-electron chi connectivity index (χ1n) is 8.36. The first kappa shape index (κ1) is 22.0. The molecule has 28 heavy (non-hydrogen) atoms. The topological polar surface area (TPSA) is 113 Å². The molecule has 8 nitrogen and oxygen atoms in total. The quantitative estimate of drug-likeness (QED) is 0.662. The number of nitrogens with one attached hydrogen (secondary N) is 2. The van der Waals surface area contributed by atoms with Gasteiger partial charge in [0.25, 0.3) is 0 Å². The molecule has 0 aliphatic heterocycles. The van der Waals surface area contributed by atoms with Gasteiger partial charge in [0.1, 0.15) is 0 Å². The van der Waals surface area contributed by atoms with E-state index in [0.29, 0.717) is 11.3 Å². The molecule has 0 saturated carbocycles. The maximum atomic E-state index is 12.5. The molecule has 2 aromatic rings. The van der Waals surface area contributed by atoms with Crippen LogP contribution in [0.4, 0.5) is 5.69 Å². The van der Waals surface area contributed by atoms with Crippen molar-refractivity contribution in [1.29, 1.82) is 0 Å². The van der Waals surface area contributed by atoms with Crippen LogP contribution in [0.1, 0.15) is 11.1 Å². The van der Waals surface area contributed by atoms with Crippen LogP contribution in [0.3, 0.4) is 0 Å². The van der Waals surface area contributed by atoms with Crippen LogP contribution in [0.25, 0.3) is 0 Å². The van der Waals surface area contributed by atoms with Crippen molar-refractivity contribution in [3.8, 4) is 0 Å². The van der Waals surface area contributed by atoms with E-state index >= 15 is 0 Å². The predicted molar refractivity (Wildman–Crippen MR) is 108 cm³/mol. The van der Waals surface area contributed by atoms with Crippen molar-refractivity contribution in [2.75, 3.05) is 25.2 Å². The molecule has 0 aliphatic rings. The molecule has 152 valence electrons. The zero-order chi connectivity index (χ0) is 20.9. The van der Waals surface area contributed by atoms with Gasteiger partial charge in [0.2, 0.25) is 26.0 Å². The molecule has 0 aliphatic carbocycles. The summed E-state index contributed by atoms with van der Waals surface area (Å²) in [6.45, 7) is 1.38. The highest BCUT2D eigenvalue weighted by Crippen LogP contribution is 2.20. The fourth-order valence-electron chi connectivity index (χ4n) is 2.45. The van der Waals surface area contributed by atoms with E-state index in [-0.39, 0.29) is 11.4 Å². The van der Waals surface area contributed by atoms with Gasteiger partial charge in [0.15, 0.2) is 0 Å². The number of amides is 1. The van der Waals surface area contributed by atoms with Gasteiger partial charge in [-0.2, -0.15) is 4.31 Å². The minimum Gasteiger partial charge on any atom is -0.325 e. The average Bonchev–Trinajstić information content (AvgIpc) is 2.63. The fourth-order valence-corrected chi connectivity index (χ4v) is 3.94. The molecule has 0 heterocycles. The lowest BCUT2D eigenvalue weighted by Gasteiger charge is -2.20. The minimum atomic E-state index is -3.67. The van der Waals surface area contributed by atoms with E-state index in [9.17, 15) is 21.6 Å². The summed E-state index contributed by atoms with van der Waals surface area (Å²) in [5.41, 5.74) is 1.70. The number of rotatable bonds is 8. The molecule has 2 aromatic carbocycles. The predicted octanol–water partition coefficient (Wildman–Crippen LogP) is 1.30. The van der Waals surface area contributed by atoms with Gasteiger partial charge < -0.3 is 5.32 Å². The van der Waals surface area contributed by atoms with Crippen LogP contribution in [-0.2, 0) is 31.4 Å². The molecule has 1 amide bonds. The van der Waals surface area contributed by atoms with Gasteiger partial charge in [0.05, 0.1) is 17.7 Å². The second-order valence-corrected chi connectivity index (χ2v) is 10.1. The van der Waals surface area contributed by atoms with E-state index in [1.54, 1.807) is 37.3 Å². The molecular formula is C18H23N3O5S2. The molecular weight excluding hydrogens is 402 g/mol. The lowest BCUT2D eigenvalue weighted by Crippen LogP contribution is -2.37. The molecule has 0 radical (unpaired) electrons. The van der Waals surface area contributed by atoms with Crippen molar-refractivity contribution < 1.29 is 21.6 Å². The lowest BCUT2D eigenvalue weighted by molar-refractivity contribution is -0.116. The maximum absolute atomic E-state index is 12.5. The summed E-state index contributed by atoms with van der Waals surface area (Å²) in [6, 6.07) is 13.3. The fraction of sp³-hybridized carbons (Fsp3) is 0.278. The molecule has 0 unspecified atom stereocenters. The summed E-state index contributed by atoms with van der Waals surface area (Å²) in [4.78, 5) is 12.5. The van der Waals surface area contributed by atoms with Crippen molar-refractivity contribution >= 4 is 31.6 Å². The van der Waals surface area contributed by atoms with Gasteiger partial charge in [-0.05, 0) is 37.2 Å². The molecule has 2 rings (SSSR count). The van der Waals surface area contributed by atoms with Crippen molar-refractivity contribution in [1.82, 2.24) is 9.03 Å². The van der Waals surface area contributed by atoms with E-state index in [1.807, 2.05) is 6.07 Å². The Bertz CT molecular complexity index is 1050. The lowest BCUT2D eigenvalue weighted by atomic mass is 10.2. The Morgan fingerprint density at radius 1 is 1.04 bits per heavy atom. The van der Waals surface area contributed by atoms with Gasteiger partial charge >= 0.3 is 0 Å².